The van der Waals surface area contributed by atoms with Crippen molar-refractivity contribution in [1.82, 2.24) is 4.98 Å². The molecule has 4 aromatic rings. The van der Waals surface area contributed by atoms with E-state index in [2.05, 4.69) is 10.3 Å². The number of H-pyrrole nitrogens is 1. The zero-order valence-electron chi connectivity index (χ0n) is 18.1. The average molecular weight is 487 g/mol. The maximum atomic E-state index is 13.1. The number of nitrogens with zero attached hydrogens (tertiary/aromatic N) is 2. The summed E-state index contributed by atoms with van der Waals surface area (Å²) in [6.07, 6.45) is 1.87. The van der Waals surface area contributed by atoms with Crippen molar-refractivity contribution in [3.05, 3.63) is 94.7 Å². The molecule has 1 atom stereocenters. The number of nitro groups is 1. The molecule has 10 heteroatoms. The third-order valence-corrected chi connectivity index (χ3v) is 6.79. The molecule has 1 unspecified atom stereocenters. The summed E-state index contributed by atoms with van der Waals surface area (Å²) in [7, 11) is 0. The number of aromatic nitrogens is 1. The Morgan fingerprint density at radius 1 is 1.06 bits per heavy atom. The minimum absolute atomic E-state index is 0.0750. The van der Waals surface area contributed by atoms with Crippen molar-refractivity contribution in [2.45, 2.75) is 16.6 Å². The Bertz CT molecular complexity index is 1480. The molecule has 1 fully saturated rings. The van der Waals surface area contributed by atoms with E-state index in [0.29, 0.717) is 11.4 Å². The molecule has 1 aliphatic rings. The highest BCUT2D eigenvalue weighted by Gasteiger charge is 2.40. The molecule has 2 N–H and O–H groups in total. The van der Waals surface area contributed by atoms with Crippen LogP contribution in [0.3, 0.4) is 0 Å². The minimum atomic E-state index is -0.581. The van der Waals surface area contributed by atoms with Crippen molar-refractivity contribution in [1.29, 1.82) is 0 Å². The Hall–Kier alpha value is -4.44. The van der Waals surface area contributed by atoms with Gasteiger partial charge < -0.3 is 10.3 Å². The molecule has 0 spiro atoms. The lowest BCUT2D eigenvalue weighted by Crippen LogP contribution is -2.31. The van der Waals surface area contributed by atoms with Crippen LogP contribution in [-0.4, -0.2) is 32.9 Å². The quantitative estimate of drug-likeness (QED) is 0.230. The molecule has 5 rings (SSSR count). The number of imide groups is 1. The van der Waals surface area contributed by atoms with Gasteiger partial charge in [0.25, 0.3) is 11.6 Å². The number of hydrogen-bond donors (Lipinski definition) is 2. The van der Waals surface area contributed by atoms with Gasteiger partial charge in [-0.15, -0.1) is 11.8 Å². The second-order valence-electron chi connectivity index (χ2n) is 7.91. The van der Waals surface area contributed by atoms with Gasteiger partial charge >= 0.3 is 0 Å². The molecule has 35 heavy (non-hydrogen) atoms. The van der Waals surface area contributed by atoms with Crippen LogP contribution in [0.15, 0.2) is 83.9 Å². The van der Waals surface area contributed by atoms with Gasteiger partial charge in [-0.3, -0.25) is 24.5 Å². The Morgan fingerprint density at radius 3 is 2.63 bits per heavy atom. The molecular weight excluding hydrogens is 468 g/mol. The lowest BCUT2D eigenvalue weighted by Gasteiger charge is -2.15. The summed E-state index contributed by atoms with van der Waals surface area (Å²) in [6.45, 7) is 0. The van der Waals surface area contributed by atoms with Crippen LogP contribution in [0.5, 0.6) is 0 Å². The number of benzene rings is 3. The average Bonchev–Trinajstić information content (AvgIpc) is 3.42. The number of fused-ring (bicyclic) bond motifs is 1. The van der Waals surface area contributed by atoms with Gasteiger partial charge in [-0.05, 0) is 53.9 Å². The van der Waals surface area contributed by atoms with Crippen molar-refractivity contribution in [2.24, 2.45) is 0 Å². The summed E-state index contributed by atoms with van der Waals surface area (Å²) >= 11 is 1.26. The third kappa shape index (κ3) is 4.51. The van der Waals surface area contributed by atoms with Crippen molar-refractivity contribution in [3.8, 4) is 0 Å². The standard InChI is InChI=1S/C25H18N4O5S/c30-23-14-22(25(32)28(23)19-9-4-15-10-11-26-21(15)13-19)35-20-3-1-2-17(12-20)27-24(31)16-5-7-18(8-6-16)29(33)34/h1-13,22,26H,14H2,(H,27,31). The van der Waals surface area contributed by atoms with Crippen molar-refractivity contribution in [2.75, 3.05) is 10.2 Å². The molecule has 0 bridgehead atoms. The van der Waals surface area contributed by atoms with Crippen molar-refractivity contribution < 1.29 is 19.3 Å². The molecule has 0 saturated carbocycles. The molecular formula is C25H18N4O5S. The molecule has 0 aliphatic carbocycles. The maximum absolute atomic E-state index is 13.1. The van der Waals surface area contributed by atoms with Gasteiger partial charge in [-0.1, -0.05) is 12.1 Å². The number of rotatable bonds is 6. The lowest BCUT2D eigenvalue weighted by molar-refractivity contribution is -0.384. The lowest BCUT2D eigenvalue weighted by atomic mass is 10.2. The Kier molecular flexibility index (Phi) is 5.79. The number of aromatic amines is 1. The number of nitrogens with one attached hydrogen (secondary N) is 2. The first-order valence-electron chi connectivity index (χ1n) is 10.7. The molecule has 1 aliphatic heterocycles. The molecule has 1 saturated heterocycles. The normalized spacial score (nSPS) is 15.5. The van der Waals surface area contributed by atoms with Gasteiger partial charge in [0.1, 0.15) is 0 Å². The SMILES string of the molecule is O=C(Nc1cccc(SC2CC(=O)N(c3ccc4cc[nH]c4c3)C2=O)c1)c1ccc([N+](=O)[O-])cc1. The number of hydrogen-bond acceptors (Lipinski definition) is 6. The maximum Gasteiger partial charge on any atom is 0.269 e. The van der Waals surface area contributed by atoms with E-state index in [1.54, 1.807) is 42.6 Å². The van der Waals surface area contributed by atoms with E-state index in [9.17, 15) is 24.5 Å². The van der Waals surface area contributed by atoms with Crippen LogP contribution in [0.25, 0.3) is 10.9 Å². The van der Waals surface area contributed by atoms with E-state index in [0.717, 1.165) is 15.8 Å². The first-order chi connectivity index (χ1) is 16.9. The van der Waals surface area contributed by atoms with Crippen LogP contribution in [0, 0.1) is 10.1 Å². The van der Waals surface area contributed by atoms with E-state index in [-0.39, 0.29) is 29.5 Å². The fraction of sp³-hybridized carbons (Fsp3) is 0.0800. The number of carbonyl (C=O) groups excluding carboxylic acids is 3. The van der Waals surface area contributed by atoms with Crippen LogP contribution in [0.4, 0.5) is 17.1 Å². The smallest absolute Gasteiger partial charge is 0.269 e. The highest BCUT2D eigenvalue weighted by Crippen LogP contribution is 2.35. The first-order valence-corrected chi connectivity index (χ1v) is 11.5. The summed E-state index contributed by atoms with van der Waals surface area (Å²) < 4.78 is 0. The summed E-state index contributed by atoms with van der Waals surface area (Å²) in [5.41, 5.74) is 2.06. The van der Waals surface area contributed by atoms with Crippen LogP contribution in [0.1, 0.15) is 16.8 Å². The number of anilines is 2. The fourth-order valence-electron chi connectivity index (χ4n) is 3.89. The van der Waals surface area contributed by atoms with Crippen molar-refractivity contribution in [3.63, 3.8) is 0 Å². The van der Waals surface area contributed by atoms with E-state index in [4.69, 9.17) is 0 Å². The van der Waals surface area contributed by atoms with E-state index in [1.807, 2.05) is 12.1 Å². The molecule has 3 amide bonds. The molecule has 174 valence electrons. The molecule has 2 heterocycles. The van der Waals surface area contributed by atoms with Gasteiger partial charge in [-0.2, -0.15) is 0 Å². The molecule has 9 nitrogen and oxygen atoms in total. The van der Waals surface area contributed by atoms with Gasteiger partial charge in [0.15, 0.2) is 0 Å². The summed E-state index contributed by atoms with van der Waals surface area (Å²) in [4.78, 5) is 53.6. The van der Waals surface area contributed by atoms with Gasteiger partial charge in [0.05, 0.1) is 15.9 Å². The number of non-ortho nitro benzene ring substituents is 1. The topological polar surface area (TPSA) is 125 Å². The van der Waals surface area contributed by atoms with Gasteiger partial charge in [0.2, 0.25) is 11.8 Å². The van der Waals surface area contributed by atoms with E-state index >= 15 is 0 Å². The van der Waals surface area contributed by atoms with Crippen LogP contribution < -0.4 is 10.2 Å². The summed E-state index contributed by atoms with van der Waals surface area (Å²) in [5, 5.41) is 14.0. The number of amides is 3. The van der Waals surface area contributed by atoms with E-state index < -0.39 is 16.1 Å². The number of nitro benzene ring substituents is 1. The highest BCUT2D eigenvalue weighted by atomic mass is 32.2. The molecule has 0 radical (unpaired) electrons. The minimum Gasteiger partial charge on any atom is -0.361 e. The fourth-order valence-corrected chi connectivity index (χ4v) is 5.00. The third-order valence-electron chi connectivity index (χ3n) is 5.61. The summed E-state index contributed by atoms with van der Waals surface area (Å²) in [5.74, 6) is -0.965. The monoisotopic (exact) mass is 486 g/mol. The van der Waals surface area contributed by atoms with Gasteiger partial charge in [-0.25, -0.2) is 4.90 Å². The Balaban J connectivity index is 1.28. The van der Waals surface area contributed by atoms with Gasteiger partial charge in [0, 0.05) is 46.4 Å². The summed E-state index contributed by atoms with van der Waals surface area (Å²) in [6, 6.07) is 19.6. The molecule has 3 aromatic carbocycles. The zero-order valence-corrected chi connectivity index (χ0v) is 19.0. The second kappa shape index (κ2) is 9.07. The Labute approximate surface area is 203 Å². The van der Waals surface area contributed by atoms with Crippen molar-refractivity contribution >= 4 is 57.4 Å². The second-order valence-corrected chi connectivity index (χ2v) is 9.19. The van der Waals surface area contributed by atoms with E-state index in [1.165, 1.54) is 40.9 Å². The van der Waals surface area contributed by atoms with Crippen LogP contribution in [0.2, 0.25) is 0 Å². The zero-order chi connectivity index (χ0) is 24.5. The van der Waals surface area contributed by atoms with Crippen LogP contribution in [-0.2, 0) is 9.59 Å². The predicted molar refractivity (Wildman–Crippen MR) is 133 cm³/mol. The van der Waals surface area contributed by atoms with Crippen LogP contribution >= 0.6 is 11.8 Å². The predicted octanol–water partition coefficient (Wildman–Crippen LogP) is 4.75. The number of thioether (sulfide) groups is 1. The first kappa shape index (κ1) is 22.4. The Morgan fingerprint density at radius 2 is 1.86 bits per heavy atom. The number of carbonyl (C=O) groups is 3. The largest absolute Gasteiger partial charge is 0.361 e. The highest BCUT2D eigenvalue weighted by molar-refractivity contribution is 8.00. The molecule has 1 aromatic heterocycles.